The highest BCUT2D eigenvalue weighted by atomic mass is 32.2. The fraction of sp³-hybridized carbons (Fsp3) is 0.423. The molecule has 0 heterocycles. The van der Waals surface area contributed by atoms with Crippen LogP contribution in [0.4, 0.5) is 5.69 Å². The highest BCUT2D eigenvalue weighted by Gasteiger charge is 2.20. The van der Waals surface area contributed by atoms with E-state index >= 15 is 0 Å². The summed E-state index contributed by atoms with van der Waals surface area (Å²) in [5.74, 6) is -0.0171. The van der Waals surface area contributed by atoms with Gasteiger partial charge in [-0.25, -0.2) is 8.42 Å². The lowest BCUT2D eigenvalue weighted by molar-refractivity contribution is -0.115. The summed E-state index contributed by atoms with van der Waals surface area (Å²) in [7, 11) is -3.22. The molecule has 4 nitrogen and oxygen atoms in total. The van der Waals surface area contributed by atoms with E-state index in [0.717, 1.165) is 17.7 Å². The van der Waals surface area contributed by atoms with Crippen molar-refractivity contribution in [1.82, 2.24) is 0 Å². The Morgan fingerprint density at radius 3 is 2.35 bits per heavy atom. The third-order valence-corrected chi connectivity index (χ3v) is 8.25. The molecule has 1 N–H and O–H groups in total. The van der Waals surface area contributed by atoms with Crippen LogP contribution in [-0.4, -0.2) is 20.1 Å². The Kier molecular flexibility index (Phi) is 6.61. The molecule has 164 valence electrons. The molecule has 0 aromatic heterocycles. The topological polar surface area (TPSA) is 63.2 Å². The Balaban J connectivity index is 1.45. The quantitative estimate of drug-likeness (QED) is 0.651. The smallest absolute Gasteiger partial charge is 0.228 e. The van der Waals surface area contributed by atoms with Gasteiger partial charge in [0.2, 0.25) is 5.91 Å². The predicted molar refractivity (Wildman–Crippen MR) is 126 cm³/mol. The van der Waals surface area contributed by atoms with Crippen molar-refractivity contribution in [2.75, 3.05) is 11.1 Å². The summed E-state index contributed by atoms with van der Waals surface area (Å²) in [5, 5.41) is 3.02. The average Bonchev–Trinajstić information content (AvgIpc) is 2.79. The number of carbonyl (C=O) groups excluding carboxylic acids is 1. The van der Waals surface area contributed by atoms with Crippen molar-refractivity contribution >= 4 is 27.0 Å². The van der Waals surface area contributed by atoms with Gasteiger partial charge >= 0.3 is 0 Å². The third kappa shape index (κ3) is 5.09. The lowest BCUT2D eigenvalue weighted by Crippen LogP contribution is -2.15. The molecule has 0 bridgehead atoms. The fourth-order valence-corrected chi connectivity index (χ4v) is 5.67. The number of carbonyl (C=O) groups is 1. The Hall–Kier alpha value is -2.40. The Bertz CT molecular complexity index is 1090. The van der Waals surface area contributed by atoms with Crippen LogP contribution in [0, 0.1) is 0 Å². The summed E-state index contributed by atoms with van der Waals surface area (Å²) in [6.07, 6.45) is 10.1. The molecular weight excluding hydrogens is 406 g/mol. The number of sulfone groups is 1. The minimum atomic E-state index is -3.22. The molecule has 1 saturated carbocycles. The largest absolute Gasteiger partial charge is 0.326 e. The van der Waals surface area contributed by atoms with Crippen LogP contribution in [-0.2, 0) is 27.5 Å². The zero-order valence-electron chi connectivity index (χ0n) is 18.2. The van der Waals surface area contributed by atoms with Gasteiger partial charge in [0.1, 0.15) is 0 Å². The molecule has 2 aliphatic carbocycles. The van der Waals surface area contributed by atoms with Crippen LogP contribution in [0.5, 0.6) is 0 Å². The van der Waals surface area contributed by atoms with Gasteiger partial charge in [0.05, 0.1) is 17.1 Å². The first-order valence-corrected chi connectivity index (χ1v) is 13.1. The molecule has 2 aromatic rings. The summed E-state index contributed by atoms with van der Waals surface area (Å²) in [6, 6.07) is 12.9. The Labute approximate surface area is 185 Å². The van der Waals surface area contributed by atoms with E-state index in [-0.39, 0.29) is 18.1 Å². The van der Waals surface area contributed by atoms with Crippen LogP contribution < -0.4 is 5.32 Å². The predicted octanol–water partition coefficient (Wildman–Crippen LogP) is 5.72. The van der Waals surface area contributed by atoms with Crippen molar-refractivity contribution in [1.29, 1.82) is 0 Å². The molecule has 0 aliphatic heterocycles. The summed E-state index contributed by atoms with van der Waals surface area (Å²) in [4.78, 5) is 12.9. The van der Waals surface area contributed by atoms with Crippen LogP contribution in [0.15, 0.2) is 52.9 Å². The van der Waals surface area contributed by atoms with Crippen LogP contribution in [0.2, 0.25) is 0 Å². The van der Waals surface area contributed by atoms with Crippen LogP contribution >= 0.6 is 0 Å². The number of benzene rings is 2. The minimum absolute atomic E-state index is 0.0730. The van der Waals surface area contributed by atoms with E-state index in [9.17, 15) is 13.2 Å². The van der Waals surface area contributed by atoms with Gasteiger partial charge < -0.3 is 5.32 Å². The van der Waals surface area contributed by atoms with Crippen molar-refractivity contribution in [2.24, 2.45) is 0 Å². The second kappa shape index (κ2) is 9.39. The normalized spacial score (nSPS) is 16.7. The first kappa shape index (κ1) is 21.8. The van der Waals surface area contributed by atoms with E-state index in [1.807, 2.05) is 6.07 Å². The lowest BCUT2D eigenvalue weighted by atomic mass is 9.80. The van der Waals surface area contributed by atoms with E-state index in [1.54, 1.807) is 42.3 Å². The molecule has 1 amide bonds. The van der Waals surface area contributed by atoms with Crippen molar-refractivity contribution in [2.45, 2.75) is 69.6 Å². The van der Waals surface area contributed by atoms with Gasteiger partial charge in [-0.15, -0.1) is 0 Å². The molecule has 2 aliphatic rings. The molecule has 5 heteroatoms. The lowest BCUT2D eigenvalue weighted by Gasteiger charge is -2.25. The number of fused-ring (bicyclic) bond motifs is 1. The molecule has 0 radical (unpaired) electrons. The summed E-state index contributed by atoms with van der Waals surface area (Å²) < 4.78 is 23.9. The number of hydrogen-bond donors (Lipinski definition) is 1. The standard InChI is InChI=1S/C26H31NO3S/c1-2-31(29,30)23-14-11-19(12-15-23)17-26(28)27-22-13-16-25-21(18-22)9-6-10-24(25)20-7-4-3-5-8-20/h11-16,18H,2-10,17H2,1H3,(H,27,28). The zero-order chi connectivity index (χ0) is 21.8. The van der Waals surface area contributed by atoms with E-state index in [2.05, 4.69) is 17.4 Å². The van der Waals surface area contributed by atoms with Gasteiger partial charge in [0, 0.05) is 5.69 Å². The molecule has 1 fully saturated rings. The van der Waals surface area contributed by atoms with Gasteiger partial charge in [0.25, 0.3) is 0 Å². The number of anilines is 1. The Morgan fingerprint density at radius 1 is 0.903 bits per heavy atom. The first-order chi connectivity index (χ1) is 15.0. The molecule has 31 heavy (non-hydrogen) atoms. The van der Waals surface area contributed by atoms with Gasteiger partial charge in [-0.2, -0.15) is 0 Å². The molecule has 0 saturated heterocycles. The number of nitrogens with one attached hydrogen (secondary N) is 1. The van der Waals surface area contributed by atoms with E-state index in [0.29, 0.717) is 4.90 Å². The first-order valence-electron chi connectivity index (χ1n) is 11.4. The van der Waals surface area contributed by atoms with Crippen LogP contribution in [0.25, 0.3) is 5.57 Å². The van der Waals surface area contributed by atoms with E-state index in [4.69, 9.17) is 0 Å². The number of hydrogen-bond acceptors (Lipinski definition) is 3. The number of allylic oxidation sites excluding steroid dienone is 2. The number of amides is 1. The van der Waals surface area contributed by atoms with Gasteiger partial charge in [0.15, 0.2) is 9.84 Å². The molecule has 2 aromatic carbocycles. The molecule has 0 atom stereocenters. The number of rotatable bonds is 5. The second-order valence-electron chi connectivity index (χ2n) is 8.64. The average molecular weight is 438 g/mol. The molecule has 4 rings (SSSR count). The SMILES string of the molecule is CCS(=O)(=O)c1ccc(CC(=O)Nc2ccc3c(c2)CCCC3=C2CCCCC2)cc1. The highest BCUT2D eigenvalue weighted by molar-refractivity contribution is 7.91. The number of aryl methyl sites for hydroxylation is 1. The maximum atomic E-state index is 12.6. The van der Waals surface area contributed by atoms with Crippen molar-refractivity contribution in [3.8, 4) is 0 Å². The van der Waals surface area contributed by atoms with Crippen LogP contribution in [0.1, 0.15) is 68.6 Å². The Morgan fingerprint density at radius 2 is 1.65 bits per heavy atom. The minimum Gasteiger partial charge on any atom is -0.326 e. The van der Waals surface area contributed by atoms with E-state index < -0.39 is 9.84 Å². The molecule has 0 spiro atoms. The highest BCUT2D eigenvalue weighted by Crippen LogP contribution is 2.39. The fourth-order valence-electron chi connectivity index (χ4n) is 4.78. The monoisotopic (exact) mass is 437 g/mol. The molecular formula is C26H31NO3S. The maximum Gasteiger partial charge on any atom is 0.228 e. The summed E-state index contributed by atoms with van der Waals surface area (Å²) in [5.41, 5.74) is 7.57. The van der Waals surface area contributed by atoms with Crippen molar-refractivity contribution in [3.63, 3.8) is 0 Å². The third-order valence-electron chi connectivity index (χ3n) is 6.50. The van der Waals surface area contributed by atoms with Crippen LogP contribution in [0.3, 0.4) is 0 Å². The zero-order valence-corrected chi connectivity index (χ0v) is 19.1. The van der Waals surface area contributed by atoms with Crippen molar-refractivity contribution in [3.05, 3.63) is 64.7 Å². The summed E-state index contributed by atoms with van der Waals surface area (Å²) in [6.45, 7) is 1.63. The van der Waals surface area contributed by atoms with Gasteiger partial charge in [-0.05, 0) is 91.5 Å². The van der Waals surface area contributed by atoms with Crippen molar-refractivity contribution < 1.29 is 13.2 Å². The molecule has 0 unspecified atom stereocenters. The summed E-state index contributed by atoms with van der Waals surface area (Å²) >= 11 is 0. The maximum absolute atomic E-state index is 12.6. The van der Waals surface area contributed by atoms with Gasteiger partial charge in [-0.1, -0.05) is 37.1 Å². The van der Waals surface area contributed by atoms with Gasteiger partial charge in [-0.3, -0.25) is 4.79 Å². The second-order valence-corrected chi connectivity index (χ2v) is 10.9. The van der Waals surface area contributed by atoms with E-state index in [1.165, 1.54) is 56.1 Å².